The van der Waals surface area contributed by atoms with Crippen molar-refractivity contribution in [1.29, 1.82) is 0 Å². The lowest BCUT2D eigenvalue weighted by atomic mass is 10.0. The van der Waals surface area contributed by atoms with E-state index in [0.717, 1.165) is 4.57 Å². The predicted molar refractivity (Wildman–Crippen MR) is 72.9 cm³/mol. The van der Waals surface area contributed by atoms with Crippen LogP contribution in [0.2, 0.25) is 0 Å². The molecular formula is C13H17N3O3. The summed E-state index contributed by atoms with van der Waals surface area (Å²) in [7, 11) is 0. The highest BCUT2D eigenvalue weighted by Gasteiger charge is 2.22. The first-order chi connectivity index (χ1) is 8.90. The van der Waals surface area contributed by atoms with Crippen molar-refractivity contribution in [1.82, 2.24) is 4.57 Å². The van der Waals surface area contributed by atoms with Gasteiger partial charge in [-0.3, -0.25) is 4.79 Å². The molecule has 0 radical (unpaired) electrons. The molecule has 0 unspecified atom stereocenters. The van der Waals surface area contributed by atoms with E-state index in [1.807, 2.05) is 13.8 Å². The number of benzene rings is 1. The average molecular weight is 263 g/mol. The van der Waals surface area contributed by atoms with Crippen LogP contribution in [0.4, 0.5) is 5.69 Å². The Labute approximate surface area is 110 Å². The molecule has 102 valence electrons. The Morgan fingerprint density at radius 2 is 2.11 bits per heavy atom. The molecule has 0 aliphatic carbocycles. The van der Waals surface area contributed by atoms with E-state index < -0.39 is 17.7 Å². The number of fused-ring (bicyclic) bond motifs is 1. The maximum absolute atomic E-state index is 12.2. The number of nitrogens with two attached hydrogens (primary N) is 2. The molecule has 4 N–H and O–H groups in total. The van der Waals surface area contributed by atoms with Gasteiger partial charge in [-0.2, -0.15) is 0 Å². The van der Waals surface area contributed by atoms with E-state index in [2.05, 4.69) is 0 Å². The van der Waals surface area contributed by atoms with E-state index in [0.29, 0.717) is 17.6 Å². The molecule has 19 heavy (non-hydrogen) atoms. The van der Waals surface area contributed by atoms with Gasteiger partial charge >= 0.3 is 5.76 Å². The number of carbonyl (C=O) groups excluding carboxylic acids is 1. The van der Waals surface area contributed by atoms with Crippen LogP contribution >= 0.6 is 0 Å². The standard InChI is InChI=1S/C13H17N3O3/c1-7(2)5-9(15)12(17)16-10-4-3-8(14)6-11(10)19-13(16)18/h3-4,6-7,9H,5,14-15H2,1-2H3/t9-/m1/s1. The SMILES string of the molecule is CC(C)C[C@@H](N)C(=O)n1c(=O)oc2cc(N)ccc21. The zero-order valence-electron chi connectivity index (χ0n) is 10.9. The molecule has 2 rings (SSSR count). The first-order valence-electron chi connectivity index (χ1n) is 6.11. The lowest BCUT2D eigenvalue weighted by Gasteiger charge is -2.12. The molecule has 0 spiro atoms. The third kappa shape index (κ3) is 2.53. The summed E-state index contributed by atoms with van der Waals surface area (Å²) in [6, 6.07) is 3.97. The van der Waals surface area contributed by atoms with Gasteiger partial charge in [0.25, 0.3) is 5.91 Å². The van der Waals surface area contributed by atoms with Crippen LogP contribution < -0.4 is 17.2 Å². The zero-order chi connectivity index (χ0) is 14.2. The molecule has 1 aromatic heterocycles. The van der Waals surface area contributed by atoms with Crippen molar-refractivity contribution in [3.05, 3.63) is 28.7 Å². The van der Waals surface area contributed by atoms with Crippen LogP contribution in [0.25, 0.3) is 11.1 Å². The number of hydrogen-bond acceptors (Lipinski definition) is 5. The van der Waals surface area contributed by atoms with Gasteiger partial charge in [0.2, 0.25) is 0 Å². The molecule has 0 amide bonds. The Morgan fingerprint density at radius 1 is 1.42 bits per heavy atom. The molecule has 0 saturated heterocycles. The lowest BCUT2D eigenvalue weighted by molar-refractivity contribution is 0.0865. The molecule has 0 aliphatic rings. The first kappa shape index (κ1) is 13.4. The summed E-state index contributed by atoms with van der Waals surface area (Å²) in [5, 5.41) is 0. The number of oxazole rings is 1. The molecule has 0 aliphatic heterocycles. The Morgan fingerprint density at radius 3 is 2.74 bits per heavy atom. The quantitative estimate of drug-likeness (QED) is 0.809. The van der Waals surface area contributed by atoms with E-state index in [9.17, 15) is 9.59 Å². The van der Waals surface area contributed by atoms with Gasteiger partial charge in [-0.05, 0) is 24.5 Å². The van der Waals surface area contributed by atoms with Gasteiger partial charge in [0.15, 0.2) is 5.58 Å². The normalized spacial score (nSPS) is 13.1. The molecule has 0 fully saturated rings. The molecule has 6 heteroatoms. The van der Waals surface area contributed by atoms with Crippen LogP contribution in [0.15, 0.2) is 27.4 Å². The third-order valence-electron chi connectivity index (χ3n) is 2.87. The minimum Gasteiger partial charge on any atom is -0.407 e. The molecule has 2 aromatic rings. The number of aromatic nitrogens is 1. The maximum Gasteiger partial charge on any atom is 0.426 e. The Balaban J connectivity index is 2.47. The van der Waals surface area contributed by atoms with Crippen molar-refractivity contribution in [2.45, 2.75) is 26.3 Å². The van der Waals surface area contributed by atoms with E-state index in [1.54, 1.807) is 12.1 Å². The van der Waals surface area contributed by atoms with Gasteiger partial charge in [-0.1, -0.05) is 13.8 Å². The van der Waals surface area contributed by atoms with Crippen molar-refractivity contribution in [3.63, 3.8) is 0 Å². The van der Waals surface area contributed by atoms with Gasteiger partial charge in [0.05, 0.1) is 11.6 Å². The molecular weight excluding hydrogens is 246 g/mol. The maximum atomic E-state index is 12.2. The fourth-order valence-electron chi connectivity index (χ4n) is 2.02. The second kappa shape index (κ2) is 4.89. The molecule has 1 heterocycles. The van der Waals surface area contributed by atoms with Gasteiger partial charge in [-0.15, -0.1) is 0 Å². The lowest BCUT2D eigenvalue weighted by Crippen LogP contribution is -2.39. The van der Waals surface area contributed by atoms with E-state index in [-0.39, 0.29) is 11.5 Å². The third-order valence-corrected chi connectivity index (χ3v) is 2.87. The van der Waals surface area contributed by atoms with Crippen LogP contribution in [0, 0.1) is 5.92 Å². The number of nitrogens with zero attached hydrogens (tertiary/aromatic N) is 1. The minimum absolute atomic E-state index is 0.267. The van der Waals surface area contributed by atoms with Gasteiger partial charge in [0, 0.05) is 11.8 Å². The summed E-state index contributed by atoms with van der Waals surface area (Å²) in [4.78, 5) is 24.0. The van der Waals surface area contributed by atoms with E-state index in [4.69, 9.17) is 15.9 Å². The summed E-state index contributed by atoms with van der Waals surface area (Å²) in [5.41, 5.74) is 12.6. The monoisotopic (exact) mass is 263 g/mol. The van der Waals surface area contributed by atoms with Crippen LogP contribution in [0.5, 0.6) is 0 Å². The van der Waals surface area contributed by atoms with Crippen LogP contribution in [-0.4, -0.2) is 16.5 Å². The Bertz CT molecular complexity index is 669. The van der Waals surface area contributed by atoms with Gasteiger partial charge in [0.1, 0.15) is 0 Å². The zero-order valence-corrected chi connectivity index (χ0v) is 10.9. The second-order valence-corrected chi connectivity index (χ2v) is 5.00. The fourth-order valence-corrected chi connectivity index (χ4v) is 2.02. The van der Waals surface area contributed by atoms with Crippen LogP contribution in [0.1, 0.15) is 25.1 Å². The number of hydrogen-bond donors (Lipinski definition) is 2. The minimum atomic E-state index is -0.732. The molecule has 6 nitrogen and oxygen atoms in total. The van der Waals surface area contributed by atoms with Crippen LogP contribution in [0.3, 0.4) is 0 Å². The summed E-state index contributed by atoms with van der Waals surface area (Å²) in [6.07, 6.45) is 0.507. The largest absolute Gasteiger partial charge is 0.426 e. The fraction of sp³-hybridized carbons (Fsp3) is 0.385. The number of nitrogen functional groups attached to an aromatic ring is 1. The first-order valence-corrected chi connectivity index (χ1v) is 6.11. The molecule has 0 saturated carbocycles. The summed E-state index contributed by atoms with van der Waals surface area (Å²) < 4.78 is 5.98. The number of rotatable bonds is 3. The molecule has 0 bridgehead atoms. The highest BCUT2D eigenvalue weighted by Crippen LogP contribution is 2.17. The van der Waals surface area contributed by atoms with Gasteiger partial charge in [-0.25, -0.2) is 9.36 Å². The van der Waals surface area contributed by atoms with Gasteiger partial charge < -0.3 is 15.9 Å². The Hall–Kier alpha value is -2.08. The highest BCUT2D eigenvalue weighted by molar-refractivity contribution is 5.92. The number of carbonyl (C=O) groups is 1. The smallest absolute Gasteiger partial charge is 0.407 e. The highest BCUT2D eigenvalue weighted by atomic mass is 16.4. The molecule has 1 aromatic carbocycles. The topological polar surface area (TPSA) is 104 Å². The summed E-state index contributed by atoms with van der Waals surface area (Å²) in [5.74, 6) is -0.921. The van der Waals surface area contributed by atoms with Crippen molar-refractivity contribution < 1.29 is 9.21 Å². The average Bonchev–Trinajstić information content (AvgIpc) is 2.62. The summed E-state index contributed by atoms with van der Waals surface area (Å²) in [6.45, 7) is 3.92. The predicted octanol–water partition coefficient (Wildman–Crippen LogP) is 1.19. The van der Waals surface area contributed by atoms with Crippen molar-refractivity contribution in [3.8, 4) is 0 Å². The van der Waals surface area contributed by atoms with Crippen molar-refractivity contribution >= 4 is 22.7 Å². The Kier molecular flexibility index (Phi) is 3.44. The van der Waals surface area contributed by atoms with Crippen molar-refractivity contribution in [2.75, 3.05) is 5.73 Å². The van der Waals surface area contributed by atoms with E-state index in [1.165, 1.54) is 6.07 Å². The van der Waals surface area contributed by atoms with Crippen molar-refractivity contribution in [2.24, 2.45) is 11.7 Å². The number of anilines is 1. The summed E-state index contributed by atoms with van der Waals surface area (Å²) >= 11 is 0. The molecule has 1 atom stereocenters. The van der Waals surface area contributed by atoms with E-state index >= 15 is 0 Å². The van der Waals surface area contributed by atoms with Crippen LogP contribution in [-0.2, 0) is 0 Å². The second-order valence-electron chi connectivity index (χ2n) is 5.00.